The van der Waals surface area contributed by atoms with Crippen LogP contribution in [0.2, 0.25) is 0 Å². The van der Waals surface area contributed by atoms with Crippen LogP contribution in [-0.2, 0) is 0 Å². The Morgan fingerprint density at radius 1 is 1.00 bits per heavy atom. The Bertz CT molecular complexity index is 480. The van der Waals surface area contributed by atoms with Crippen molar-refractivity contribution in [3.63, 3.8) is 0 Å². The first-order valence-corrected chi connectivity index (χ1v) is 5.78. The number of aromatic nitrogens is 1. The lowest BCUT2D eigenvalue weighted by Crippen LogP contribution is -3.00. The standard InChI is InChI=1S/C14H15ClN.ClH/c1-11-5-7-13(8-6-11)14(15)16-9-3-4-12(2)10-16;/h3-10,14H,1-2H3;1H/q+1;/p-1. The molecule has 0 saturated carbocycles. The number of pyridine rings is 1. The Morgan fingerprint density at radius 2 is 1.65 bits per heavy atom. The van der Waals surface area contributed by atoms with E-state index in [4.69, 9.17) is 11.6 Å². The van der Waals surface area contributed by atoms with E-state index in [0.29, 0.717) is 0 Å². The van der Waals surface area contributed by atoms with Gasteiger partial charge in [-0.2, -0.15) is 4.57 Å². The average Bonchev–Trinajstić information content (AvgIpc) is 2.29. The summed E-state index contributed by atoms with van der Waals surface area (Å²) in [6.45, 7) is 4.14. The second-order valence-corrected chi connectivity index (χ2v) is 4.49. The van der Waals surface area contributed by atoms with Gasteiger partial charge in [0, 0.05) is 17.2 Å². The van der Waals surface area contributed by atoms with Crippen molar-refractivity contribution in [1.29, 1.82) is 0 Å². The molecule has 1 aromatic carbocycles. The predicted molar refractivity (Wildman–Crippen MR) is 66.5 cm³/mol. The van der Waals surface area contributed by atoms with Crippen LogP contribution in [0.5, 0.6) is 0 Å². The van der Waals surface area contributed by atoms with E-state index in [0.717, 1.165) is 5.56 Å². The summed E-state index contributed by atoms with van der Waals surface area (Å²) >= 11 is 6.42. The van der Waals surface area contributed by atoms with Crippen molar-refractivity contribution >= 4 is 11.6 Å². The summed E-state index contributed by atoms with van der Waals surface area (Å²) in [5.74, 6) is 0. The van der Waals surface area contributed by atoms with Gasteiger partial charge < -0.3 is 12.4 Å². The molecule has 0 spiro atoms. The van der Waals surface area contributed by atoms with Crippen molar-refractivity contribution in [2.45, 2.75) is 19.3 Å². The van der Waals surface area contributed by atoms with Gasteiger partial charge in [0.25, 0.3) is 5.50 Å². The summed E-state index contributed by atoms with van der Waals surface area (Å²) in [7, 11) is 0. The first-order chi connectivity index (χ1) is 7.66. The van der Waals surface area contributed by atoms with Crippen molar-refractivity contribution in [3.05, 3.63) is 65.5 Å². The molecule has 0 fully saturated rings. The van der Waals surface area contributed by atoms with Crippen LogP contribution in [0.15, 0.2) is 48.8 Å². The van der Waals surface area contributed by atoms with Crippen molar-refractivity contribution in [1.82, 2.24) is 0 Å². The number of rotatable bonds is 2. The highest BCUT2D eigenvalue weighted by atomic mass is 35.5. The fourth-order valence-corrected chi connectivity index (χ4v) is 1.92. The van der Waals surface area contributed by atoms with E-state index in [-0.39, 0.29) is 17.9 Å². The Hall–Kier alpha value is -1.05. The Labute approximate surface area is 113 Å². The molecule has 1 heterocycles. The van der Waals surface area contributed by atoms with Crippen LogP contribution < -0.4 is 17.0 Å². The summed E-state index contributed by atoms with van der Waals surface area (Å²) < 4.78 is 2.02. The number of hydrogen-bond acceptors (Lipinski definition) is 0. The van der Waals surface area contributed by atoms with Gasteiger partial charge in [0.05, 0.1) is 0 Å². The van der Waals surface area contributed by atoms with E-state index in [1.807, 2.05) is 16.8 Å². The molecule has 0 aliphatic carbocycles. The smallest absolute Gasteiger partial charge is 0.258 e. The lowest BCUT2D eigenvalue weighted by atomic mass is 10.1. The monoisotopic (exact) mass is 267 g/mol. The first-order valence-electron chi connectivity index (χ1n) is 5.35. The predicted octanol–water partition coefficient (Wildman–Crippen LogP) is 0.381. The van der Waals surface area contributed by atoms with E-state index in [2.05, 4.69) is 50.4 Å². The summed E-state index contributed by atoms with van der Waals surface area (Å²) in [6, 6.07) is 12.4. The van der Waals surface area contributed by atoms with Crippen molar-refractivity contribution in [2.75, 3.05) is 0 Å². The number of alkyl halides is 1. The van der Waals surface area contributed by atoms with Crippen LogP contribution in [0.4, 0.5) is 0 Å². The number of hydrogen-bond donors (Lipinski definition) is 0. The minimum Gasteiger partial charge on any atom is -1.00 e. The number of benzene rings is 1. The molecule has 90 valence electrons. The van der Waals surface area contributed by atoms with Gasteiger partial charge in [-0.25, -0.2) is 0 Å². The van der Waals surface area contributed by atoms with Gasteiger partial charge in [0.2, 0.25) is 0 Å². The fourth-order valence-electron chi connectivity index (χ4n) is 1.65. The molecule has 2 rings (SSSR count). The fraction of sp³-hybridized carbons (Fsp3) is 0.214. The van der Waals surface area contributed by atoms with Crippen molar-refractivity contribution in [2.24, 2.45) is 0 Å². The van der Waals surface area contributed by atoms with E-state index in [9.17, 15) is 0 Å². The molecule has 1 nitrogen and oxygen atoms in total. The van der Waals surface area contributed by atoms with Crippen LogP contribution >= 0.6 is 11.6 Å². The Kier molecular flexibility index (Phi) is 4.98. The molecule has 0 bridgehead atoms. The van der Waals surface area contributed by atoms with E-state index >= 15 is 0 Å². The molecular formula is C14H15Cl2N. The summed E-state index contributed by atoms with van der Waals surface area (Å²) in [5, 5.41) is 0. The highest BCUT2D eigenvalue weighted by Crippen LogP contribution is 2.17. The zero-order chi connectivity index (χ0) is 11.5. The molecular weight excluding hydrogens is 253 g/mol. The molecule has 3 heteroatoms. The second kappa shape index (κ2) is 6.04. The van der Waals surface area contributed by atoms with Crippen molar-refractivity contribution < 1.29 is 17.0 Å². The van der Waals surface area contributed by atoms with Gasteiger partial charge in [-0.3, -0.25) is 0 Å². The maximum atomic E-state index is 6.42. The van der Waals surface area contributed by atoms with Crippen molar-refractivity contribution in [3.8, 4) is 0 Å². The van der Waals surface area contributed by atoms with Crippen LogP contribution in [0, 0.1) is 13.8 Å². The van der Waals surface area contributed by atoms with Gasteiger partial charge in [0.1, 0.15) is 0 Å². The number of halogens is 2. The molecule has 0 aliphatic heterocycles. The van der Waals surface area contributed by atoms with Gasteiger partial charge >= 0.3 is 0 Å². The summed E-state index contributed by atoms with van der Waals surface area (Å²) in [5.41, 5.74) is 3.44. The molecule has 0 saturated heterocycles. The zero-order valence-corrected chi connectivity index (χ0v) is 11.4. The van der Waals surface area contributed by atoms with Crippen LogP contribution in [0.3, 0.4) is 0 Å². The third-order valence-electron chi connectivity index (χ3n) is 2.58. The van der Waals surface area contributed by atoms with Gasteiger partial charge in [-0.15, -0.1) is 0 Å². The number of aryl methyl sites for hydroxylation is 2. The van der Waals surface area contributed by atoms with Crippen LogP contribution in [0.1, 0.15) is 22.2 Å². The molecule has 0 aliphatic rings. The maximum Gasteiger partial charge on any atom is 0.258 e. The van der Waals surface area contributed by atoms with Crippen LogP contribution in [0.25, 0.3) is 0 Å². The topological polar surface area (TPSA) is 3.88 Å². The highest BCUT2D eigenvalue weighted by Gasteiger charge is 2.16. The van der Waals surface area contributed by atoms with Crippen LogP contribution in [-0.4, -0.2) is 0 Å². The SMILES string of the molecule is Cc1ccc(C(Cl)[n+]2cccc(C)c2)cc1.[Cl-]. The largest absolute Gasteiger partial charge is 1.00 e. The number of nitrogens with zero attached hydrogens (tertiary/aromatic N) is 1. The third-order valence-corrected chi connectivity index (χ3v) is 3.06. The molecule has 1 unspecified atom stereocenters. The lowest BCUT2D eigenvalue weighted by molar-refractivity contribution is -0.694. The van der Waals surface area contributed by atoms with Gasteiger partial charge in [-0.1, -0.05) is 29.8 Å². The molecule has 1 atom stereocenters. The third kappa shape index (κ3) is 3.45. The zero-order valence-electron chi connectivity index (χ0n) is 9.90. The Balaban J connectivity index is 0.00000144. The average molecular weight is 268 g/mol. The minimum absolute atomic E-state index is 0. The summed E-state index contributed by atoms with van der Waals surface area (Å²) in [4.78, 5) is 0. The molecule has 0 N–H and O–H groups in total. The van der Waals surface area contributed by atoms with E-state index < -0.39 is 0 Å². The van der Waals surface area contributed by atoms with E-state index in [1.54, 1.807) is 0 Å². The first kappa shape index (κ1) is 14.0. The normalized spacial score (nSPS) is 11.7. The minimum atomic E-state index is -0.138. The molecule has 17 heavy (non-hydrogen) atoms. The molecule has 0 amide bonds. The van der Waals surface area contributed by atoms with E-state index in [1.165, 1.54) is 11.1 Å². The lowest BCUT2D eigenvalue weighted by Gasteiger charge is -2.06. The Morgan fingerprint density at radius 3 is 2.24 bits per heavy atom. The maximum absolute atomic E-state index is 6.42. The molecule has 1 aromatic heterocycles. The molecule has 0 radical (unpaired) electrons. The van der Waals surface area contributed by atoms with Gasteiger partial charge in [-0.05, 0) is 31.5 Å². The van der Waals surface area contributed by atoms with Gasteiger partial charge in [0.15, 0.2) is 12.4 Å². The quantitative estimate of drug-likeness (QED) is 0.548. The second-order valence-electron chi connectivity index (χ2n) is 4.07. The molecule has 2 aromatic rings. The summed E-state index contributed by atoms with van der Waals surface area (Å²) in [6.07, 6.45) is 4.04. The highest BCUT2D eigenvalue weighted by molar-refractivity contribution is 6.19.